The molecule has 0 aliphatic rings. The van der Waals surface area contributed by atoms with Gasteiger partial charge >= 0.3 is 0 Å². The predicted octanol–water partition coefficient (Wildman–Crippen LogP) is 0.606. The Hall–Kier alpha value is -1.53. The van der Waals surface area contributed by atoms with Crippen molar-refractivity contribution in [2.24, 2.45) is 0 Å². The van der Waals surface area contributed by atoms with E-state index in [4.69, 9.17) is 20.7 Å². The number of rotatable bonds is 5. The van der Waals surface area contributed by atoms with Crippen LogP contribution in [0.15, 0.2) is 12.1 Å². The largest absolute Gasteiger partial charge is 0.470 e. The van der Waals surface area contributed by atoms with E-state index in [2.05, 4.69) is 10.3 Å². The van der Waals surface area contributed by atoms with Gasteiger partial charge in [0.2, 0.25) is 5.88 Å². The van der Waals surface area contributed by atoms with Crippen molar-refractivity contribution in [2.45, 2.75) is 32.4 Å². The summed E-state index contributed by atoms with van der Waals surface area (Å²) in [7, 11) is 0. The fourth-order valence-corrected chi connectivity index (χ4v) is 1.26. The van der Waals surface area contributed by atoms with Gasteiger partial charge in [0.05, 0.1) is 24.9 Å². The maximum absolute atomic E-state index is 8.99. The highest BCUT2D eigenvalue weighted by Crippen LogP contribution is 2.25. The Labute approximate surface area is 107 Å². The molecular weight excluding hydrogens is 234 g/mol. The Kier molecular flexibility index (Phi) is 4.75. The Morgan fingerprint density at radius 1 is 1.33 bits per heavy atom. The smallest absolute Gasteiger partial charge is 0.239 e. The van der Waals surface area contributed by atoms with E-state index in [9.17, 15) is 0 Å². The molecule has 0 aromatic carbocycles. The third-order valence-electron chi connectivity index (χ3n) is 2.09. The molecule has 0 unspecified atom stereocenters. The second-order valence-electron chi connectivity index (χ2n) is 5.01. The first kappa shape index (κ1) is 14.5. The van der Waals surface area contributed by atoms with Crippen LogP contribution in [-0.2, 0) is 0 Å². The van der Waals surface area contributed by atoms with Gasteiger partial charge in [-0.2, -0.15) is 4.98 Å². The van der Waals surface area contributed by atoms with Crippen molar-refractivity contribution >= 4 is 11.5 Å². The Morgan fingerprint density at radius 3 is 2.44 bits per heavy atom. The third-order valence-corrected chi connectivity index (χ3v) is 2.09. The molecule has 6 heteroatoms. The average molecular weight is 255 g/mol. The monoisotopic (exact) mass is 255 g/mol. The molecule has 1 aromatic heterocycles. The normalized spacial score (nSPS) is 11.7. The molecule has 0 bridgehead atoms. The molecule has 0 amide bonds. The van der Waals surface area contributed by atoms with Crippen LogP contribution in [0, 0.1) is 0 Å². The van der Waals surface area contributed by atoms with Gasteiger partial charge in [-0.05, 0) is 32.9 Å². The van der Waals surface area contributed by atoms with Crippen LogP contribution in [0.1, 0.15) is 20.8 Å². The highest BCUT2D eigenvalue weighted by molar-refractivity contribution is 5.54. The van der Waals surface area contributed by atoms with Gasteiger partial charge in [0.25, 0.3) is 0 Å². The molecule has 102 valence electrons. The molecule has 6 nitrogen and oxygen atoms in total. The summed E-state index contributed by atoms with van der Waals surface area (Å²) in [5, 5.41) is 20.9. The number of nitrogens with zero attached hydrogens (tertiary/aromatic N) is 1. The number of nitrogens with two attached hydrogens (primary N) is 1. The van der Waals surface area contributed by atoms with Crippen LogP contribution in [0.3, 0.4) is 0 Å². The van der Waals surface area contributed by atoms with E-state index in [1.165, 1.54) is 0 Å². The van der Waals surface area contributed by atoms with Crippen molar-refractivity contribution in [3.05, 3.63) is 12.1 Å². The molecule has 1 rings (SSSR count). The highest BCUT2D eigenvalue weighted by atomic mass is 16.5. The van der Waals surface area contributed by atoms with Gasteiger partial charge < -0.3 is 26.0 Å². The summed E-state index contributed by atoms with van der Waals surface area (Å²) in [5.41, 5.74) is 5.83. The molecule has 0 saturated carbocycles. The number of aromatic nitrogens is 1. The fourth-order valence-electron chi connectivity index (χ4n) is 1.26. The Bertz CT molecular complexity index is 387. The van der Waals surface area contributed by atoms with Crippen LogP contribution in [0.25, 0.3) is 0 Å². The van der Waals surface area contributed by atoms with Crippen LogP contribution in [0.5, 0.6) is 5.88 Å². The van der Waals surface area contributed by atoms with Crippen LogP contribution in [0.4, 0.5) is 11.5 Å². The standard InChI is InChI=1S/C12H21N3O3/c1-12(2,3)18-11-9(13)4-5-10(15-11)14-8(6-16)7-17/h4-5,8,16-17H,6-7,13H2,1-3H3,(H,14,15). The number of anilines is 2. The van der Waals surface area contributed by atoms with Crippen LogP contribution < -0.4 is 15.8 Å². The predicted molar refractivity (Wildman–Crippen MR) is 70.6 cm³/mol. The first-order valence-corrected chi connectivity index (χ1v) is 5.79. The third kappa shape index (κ3) is 4.38. The lowest BCUT2D eigenvalue weighted by molar-refractivity contribution is 0.125. The lowest BCUT2D eigenvalue weighted by Crippen LogP contribution is -2.28. The average Bonchev–Trinajstić information content (AvgIpc) is 2.28. The number of pyridine rings is 1. The van der Waals surface area contributed by atoms with Crippen LogP contribution >= 0.6 is 0 Å². The van der Waals surface area contributed by atoms with Gasteiger partial charge in [0.1, 0.15) is 11.4 Å². The summed E-state index contributed by atoms with van der Waals surface area (Å²) in [6.07, 6.45) is 0. The summed E-state index contributed by atoms with van der Waals surface area (Å²) in [4.78, 5) is 4.21. The van der Waals surface area contributed by atoms with Gasteiger partial charge in [0, 0.05) is 0 Å². The maximum atomic E-state index is 8.99. The molecule has 0 fully saturated rings. The van der Waals surface area contributed by atoms with Crippen molar-refractivity contribution in [3.63, 3.8) is 0 Å². The van der Waals surface area contributed by atoms with Crippen molar-refractivity contribution in [3.8, 4) is 5.88 Å². The highest BCUT2D eigenvalue weighted by Gasteiger charge is 2.16. The molecule has 0 atom stereocenters. The Morgan fingerprint density at radius 2 is 1.94 bits per heavy atom. The van der Waals surface area contributed by atoms with Crippen molar-refractivity contribution < 1.29 is 14.9 Å². The number of hydrogen-bond acceptors (Lipinski definition) is 6. The van der Waals surface area contributed by atoms with E-state index in [1.54, 1.807) is 12.1 Å². The fraction of sp³-hybridized carbons (Fsp3) is 0.583. The number of nitrogens with one attached hydrogen (secondary N) is 1. The summed E-state index contributed by atoms with van der Waals surface area (Å²) in [6.45, 7) is 5.34. The number of hydrogen-bond donors (Lipinski definition) is 4. The molecule has 0 radical (unpaired) electrons. The second kappa shape index (κ2) is 5.88. The topological polar surface area (TPSA) is 101 Å². The zero-order valence-corrected chi connectivity index (χ0v) is 11.0. The Balaban J connectivity index is 2.86. The summed E-state index contributed by atoms with van der Waals surface area (Å²) in [5.74, 6) is 0.832. The molecule has 0 spiro atoms. The van der Waals surface area contributed by atoms with E-state index in [-0.39, 0.29) is 13.2 Å². The minimum Gasteiger partial charge on any atom is -0.470 e. The molecule has 0 saturated heterocycles. The van der Waals surface area contributed by atoms with Gasteiger partial charge in [-0.3, -0.25) is 0 Å². The first-order valence-electron chi connectivity index (χ1n) is 5.79. The minimum atomic E-state index is -0.455. The summed E-state index contributed by atoms with van der Waals surface area (Å²) in [6, 6.07) is 2.88. The number of aliphatic hydroxyl groups is 2. The molecule has 0 aliphatic carbocycles. The molecule has 18 heavy (non-hydrogen) atoms. The first-order chi connectivity index (χ1) is 8.35. The van der Waals surface area contributed by atoms with Crippen molar-refractivity contribution in [1.29, 1.82) is 0 Å². The molecular formula is C12H21N3O3. The van der Waals surface area contributed by atoms with Gasteiger partial charge in [-0.25, -0.2) is 0 Å². The van der Waals surface area contributed by atoms with E-state index < -0.39 is 11.6 Å². The maximum Gasteiger partial charge on any atom is 0.239 e. The van der Waals surface area contributed by atoms with Crippen LogP contribution in [-0.4, -0.2) is 40.1 Å². The molecule has 5 N–H and O–H groups in total. The van der Waals surface area contributed by atoms with E-state index in [0.717, 1.165) is 0 Å². The zero-order chi connectivity index (χ0) is 13.8. The minimum absolute atomic E-state index is 0.183. The van der Waals surface area contributed by atoms with Crippen LogP contribution in [0.2, 0.25) is 0 Å². The number of aliphatic hydroxyl groups excluding tert-OH is 2. The summed E-state index contributed by atoms with van der Waals surface area (Å²) >= 11 is 0. The molecule has 1 aromatic rings. The number of nitrogen functional groups attached to an aromatic ring is 1. The zero-order valence-electron chi connectivity index (χ0n) is 11.0. The quantitative estimate of drug-likeness (QED) is 0.615. The second-order valence-corrected chi connectivity index (χ2v) is 5.01. The van der Waals surface area contributed by atoms with Gasteiger partial charge in [-0.15, -0.1) is 0 Å². The van der Waals surface area contributed by atoms with E-state index in [0.29, 0.717) is 17.4 Å². The van der Waals surface area contributed by atoms with Gasteiger partial charge in [0.15, 0.2) is 0 Å². The van der Waals surface area contributed by atoms with E-state index in [1.807, 2.05) is 20.8 Å². The SMILES string of the molecule is CC(C)(C)Oc1nc(NC(CO)CO)ccc1N. The van der Waals surface area contributed by atoms with Gasteiger partial charge in [-0.1, -0.05) is 0 Å². The lowest BCUT2D eigenvalue weighted by atomic mass is 10.2. The van der Waals surface area contributed by atoms with Crippen molar-refractivity contribution in [1.82, 2.24) is 4.98 Å². The molecule has 0 aliphatic heterocycles. The lowest BCUT2D eigenvalue weighted by Gasteiger charge is -2.22. The van der Waals surface area contributed by atoms with E-state index >= 15 is 0 Å². The van der Waals surface area contributed by atoms with Crippen molar-refractivity contribution in [2.75, 3.05) is 24.3 Å². The molecule has 1 heterocycles. The number of ether oxygens (including phenoxy) is 1. The summed E-state index contributed by atoms with van der Waals surface area (Å²) < 4.78 is 5.62.